The van der Waals surface area contributed by atoms with Crippen molar-refractivity contribution in [1.82, 2.24) is 9.78 Å². The van der Waals surface area contributed by atoms with E-state index in [9.17, 15) is 4.79 Å². The molecule has 0 bridgehead atoms. The van der Waals surface area contributed by atoms with Crippen LogP contribution in [0, 0.1) is 6.92 Å². The standard InChI is InChI=1S/C20H17BrCl2N2O2/c1-3-27-20(26)18-15(11-21)19(13-6-4-12(2)5-7-13)25(24-18)17-9-8-14(22)10-16(17)23/h4-10H,3,11H2,1-2H3. The van der Waals surface area contributed by atoms with Crippen LogP contribution < -0.4 is 0 Å². The fraction of sp³-hybridized carbons (Fsp3) is 0.200. The molecule has 0 radical (unpaired) electrons. The monoisotopic (exact) mass is 466 g/mol. The summed E-state index contributed by atoms with van der Waals surface area (Å²) in [6.07, 6.45) is 0. The van der Waals surface area contributed by atoms with Gasteiger partial charge < -0.3 is 4.74 Å². The van der Waals surface area contributed by atoms with E-state index in [2.05, 4.69) is 21.0 Å². The Kier molecular flexibility index (Phi) is 6.25. The van der Waals surface area contributed by atoms with Gasteiger partial charge in [0.1, 0.15) is 0 Å². The van der Waals surface area contributed by atoms with Crippen LogP contribution >= 0.6 is 39.1 Å². The van der Waals surface area contributed by atoms with Crippen molar-refractivity contribution in [1.29, 1.82) is 0 Å². The van der Waals surface area contributed by atoms with Crippen molar-refractivity contribution in [3.63, 3.8) is 0 Å². The lowest BCUT2D eigenvalue weighted by Gasteiger charge is -2.11. The Balaban J connectivity index is 2.30. The van der Waals surface area contributed by atoms with E-state index in [0.29, 0.717) is 21.1 Å². The molecule has 0 spiro atoms. The first-order valence-corrected chi connectivity index (χ1v) is 10.2. The van der Waals surface area contributed by atoms with Crippen LogP contribution in [0.1, 0.15) is 28.5 Å². The van der Waals surface area contributed by atoms with E-state index in [-0.39, 0.29) is 12.3 Å². The summed E-state index contributed by atoms with van der Waals surface area (Å²) < 4.78 is 6.86. The Morgan fingerprint density at radius 1 is 1.19 bits per heavy atom. The molecular weight excluding hydrogens is 451 g/mol. The largest absolute Gasteiger partial charge is 0.461 e. The second-order valence-corrected chi connectivity index (χ2v) is 7.31. The predicted molar refractivity (Wildman–Crippen MR) is 112 cm³/mol. The van der Waals surface area contributed by atoms with Gasteiger partial charge in [-0.3, -0.25) is 0 Å². The molecule has 3 rings (SSSR count). The highest BCUT2D eigenvalue weighted by molar-refractivity contribution is 9.08. The van der Waals surface area contributed by atoms with E-state index in [0.717, 1.165) is 22.4 Å². The van der Waals surface area contributed by atoms with Gasteiger partial charge in [0.05, 0.1) is 23.0 Å². The predicted octanol–water partition coefficient (Wildman–Crippen LogP) is 6.23. The average Bonchev–Trinajstić information content (AvgIpc) is 3.02. The first-order chi connectivity index (χ1) is 13.0. The molecule has 0 atom stereocenters. The Hall–Kier alpha value is -1.82. The van der Waals surface area contributed by atoms with Gasteiger partial charge in [0, 0.05) is 21.5 Å². The molecule has 0 saturated heterocycles. The van der Waals surface area contributed by atoms with Crippen LogP contribution in [0.3, 0.4) is 0 Å². The van der Waals surface area contributed by atoms with Crippen molar-refractivity contribution in [3.8, 4) is 16.9 Å². The van der Waals surface area contributed by atoms with E-state index in [1.165, 1.54) is 0 Å². The number of carbonyl (C=O) groups excluding carboxylic acids is 1. The van der Waals surface area contributed by atoms with Crippen molar-refractivity contribution in [2.75, 3.05) is 6.61 Å². The van der Waals surface area contributed by atoms with Crippen molar-refractivity contribution < 1.29 is 9.53 Å². The smallest absolute Gasteiger partial charge is 0.359 e. The minimum Gasteiger partial charge on any atom is -0.461 e. The second kappa shape index (κ2) is 8.46. The number of aromatic nitrogens is 2. The molecule has 1 heterocycles. The van der Waals surface area contributed by atoms with Gasteiger partial charge in [-0.15, -0.1) is 0 Å². The highest BCUT2D eigenvalue weighted by atomic mass is 79.9. The second-order valence-electron chi connectivity index (χ2n) is 5.90. The van der Waals surface area contributed by atoms with Crippen LogP contribution in [-0.4, -0.2) is 22.4 Å². The van der Waals surface area contributed by atoms with Crippen LogP contribution in [0.2, 0.25) is 10.0 Å². The summed E-state index contributed by atoms with van der Waals surface area (Å²) in [5, 5.41) is 5.95. The van der Waals surface area contributed by atoms with Gasteiger partial charge in [-0.05, 0) is 32.0 Å². The lowest BCUT2D eigenvalue weighted by molar-refractivity contribution is 0.0518. The molecule has 0 aliphatic carbocycles. The molecular formula is C20H17BrCl2N2O2. The van der Waals surface area contributed by atoms with Gasteiger partial charge in [0.25, 0.3) is 0 Å². The van der Waals surface area contributed by atoms with Gasteiger partial charge in [-0.25, -0.2) is 9.48 Å². The van der Waals surface area contributed by atoms with E-state index in [4.69, 9.17) is 27.9 Å². The first kappa shape index (κ1) is 19.9. The number of ether oxygens (including phenoxy) is 1. The number of alkyl halides is 1. The molecule has 140 valence electrons. The number of benzene rings is 2. The van der Waals surface area contributed by atoms with E-state index in [1.807, 2.05) is 31.2 Å². The maximum Gasteiger partial charge on any atom is 0.359 e. The minimum absolute atomic E-state index is 0.260. The molecule has 1 aromatic heterocycles. The van der Waals surface area contributed by atoms with Crippen molar-refractivity contribution >= 4 is 45.1 Å². The van der Waals surface area contributed by atoms with Crippen molar-refractivity contribution in [2.24, 2.45) is 0 Å². The third-order valence-corrected chi connectivity index (χ3v) is 5.15. The maximum atomic E-state index is 12.5. The zero-order valence-electron chi connectivity index (χ0n) is 14.8. The summed E-state index contributed by atoms with van der Waals surface area (Å²) in [5.74, 6) is -0.468. The molecule has 0 unspecified atom stereocenters. The van der Waals surface area contributed by atoms with Crippen LogP contribution in [0.4, 0.5) is 0 Å². The molecule has 0 aliphatic rings. The van der Waals surface area contributed by atoms with Crippen LogP contribution in [0.15, 0.2) is 42.5 Å². The molecule has 0 aliphatic heterocycles. The molecule has 0 fully saturated rings. The Labute approximate surface area is 176 Å². The van der Waals surface area contributed by atoms with Gasteiger partial charge in [0.15, 0.2) is 5.69 Å². The third-order valence-electron chi connectivity index (χ3n) is 4.05. The summed E-state index contributed by atoms with van der Waals surface area (Å²) in [5.41, 5.74) is 4.47. The molecule has 2 aromatic carbocycles. The molecule has 7 heteroatoms. The van der Waals surface area contributed by atoms with E-state index >= 15 is 0 Å². The summed E-state index contributed by atoms with van der Waals surface area (Å²) >= 11 is 16.0. The number of halogens is 3. The summed E-state index contributed by atoms with van der Waals surface area (Å²) in [7, 11) is 0. The maximum absolute atomic E-state index is 12.5. The number of esters is 1. The molecule has 0 saturated carbocycles. The number of carbonyl (C=O) groups is 1. The van der Waals surface area contributed by atoms with E-state index in [1.54, 1.807) is 29.8 Å². The van der Waals surface area contributed by atoms with Gasteiger partial charge >= 0.3 is 5.97 Å². The van der Waals surface area contributed by atoms with Crippen LogP contribution in [0.5, 0.6) is 0 Å². The fourth-order valence-corrected chi connectivity index (χ4v) is 3.80. The van der Waals surface area contributed by atoms with Gasteiger partial charge in [-0.2, -0.15) is 5.10 Å². The average molecular weight is 468 g/mol. The zero-order chi connectivity index (χ0) is 19.6. The normalized spacial score (nSPS) is 10.9. The summed E-state index contributed by atoms with van der Waals surface area (Å²) in [6.45, 7) is 4.06. The van der Waals surface area contributed by atoms with Crippen molar-refractivity contribution in [3.05, 3.63) is 69.3 Å². The first-order valence-electron chi connectivity index (χ1n) is 8.33. The number of hydrogen-bond donors (Lipinski definition) is 0. The third kappa shape index (κ3) is 4.05. The van der Waals surface area contributed by atoms with E-state index < -0.39 is 5.97 Å². The number of nitrogens with zero attached hydrogens (tertiary/aromatic N) is 2. The lowest BCUT2D eigenvalue weighted by atomic mass is 10.0. The number of hydrogen-bond acceptors (Lipinski definition) is 3. The van der Waals surface area contributed by atoms with Gasteiger partial charge in [0.2, 0.25) is 0 Å². The highest BCUT2D eigenvalue weighted by Crippen LogP contribution is 2.34. The fourth-order valence-electron chi connectivity index (χ4n) is 2.78. The summed E-state index contributed by atoms with van der Waals surface area (Å²) in [4.78, 5) is 12.5. The zero-order valence-corrected chi connectivity index (χ0v) is 17.9. The number of aryl methyl sites for hydroxylation is 1. The quantitative estimate of drug-likeness (QED) is 0.330. The molecule has 0 N–H and O–H groups in total. The van der Waals surface area contributed by atoms with Crippen LogP contribution in [0.25, 0.3) is 16.9 Å². The lowest BCUT2D eigenvalue weighted by Crippen LogP contribution is -2.08. The van der Waals surface area contributed by atoms with Crippen molar-refractivity contribution in [2.45, 2.75) is 19.2 Å². The Bertz CT molecular complexity index is 984. The molecule has 0 amide bonds. The topological polar surface area (TPSA) is 44.1 Å². The Morgan fingerprint density at radius 2 is 1.89 bits per heavy atom. The van der Waals surface area contributed by atoms with Gasteiger partial charge in [-0.1, -0.05) is 69.0 Å². The molecule has 4 nitrogen and oxygen atoms in total. The van der Waals surface area contributed by atoms with Crippen LogP contribution in [-0.2, 0) is 10.1 Å². The summed E-state index contributed by atoms with van der Waals surface area (Å²) in [6, 6.07) is 13.2. The highest BCUT2D eigenvalue weighted by Gasteiger charge is 2.25. The molecule has 27 heavy (non-hydrogen) atoms. The SMILES string of the molecule is CCOC(=O)c1nn(-c2ccc(Cl)cc2Cl)c(-c2ccc(C)cc2)c1CBr. The Morgan fingerprint density at radius 3 is 2.48 bits per heavy atom. The number of rotatable bonds is 5. The molecule has 3 aromatic rings. The minimum atomic E-state index is -0.468.